The molecule has 1 saturated heterocycles. The van der Waals surface area contributed by atoms with Gasteiger partial charge in [-0.3, -0.25) is 0 Å². The molecule has 0 amide bonds. The Labute approximate surface area is 103 Å². The molecule has 3 heteroatoms. The Balaban J connectivity index is 2.20. The summed E-state index contributed by atoms with van der Waals surface area (Å²) in [5.41, 5.74) is 2.06. The first-order valence-electron chi connectivity index (χ1n) is 6.20. The zero-order chi connectivity index (χ0) is 12.3. The van der Waals surface area contributed by atoms with Crippen molar-refractivity contribution in [2.75, 3.05) is 20.2 Å². The zero-order valence-corrected chi connectivity index (χ0v) is 10.6. The van der Waals surface area contributed by atoms with Crippen molar-refractivity contribution in [1.29, 1.82) is 0 Å². The number of aryl methyl sites for hydroxylation is 1. The van der Waals surface area contributed by atoms with Gasteiger partial charge in [0.05, 0.1) is 5.60 Å². The van der Waals surface area contributed by atoms with Gasteiger partial charge in [0.25, 0.3) is 0 Å². The average Bonchev–Trinajstić information content (AvgIpc) is 2.35. The second-order valence-corrected chi connectivity index (χ2v) is 4.95. The number of phenols is 1. The Hall–Kier alpha value is -1.06. The molecule has 0 saturated carbocycles. The molecule has 0 bridgehead atoms. The molecule has 0 radical (unpaired) electrons. The van der Waals surface area contributed by atoms with Gasteiger partial charge >= 0.3 is 0 Å². The number of nitrogens with one attached hydrogen (secondary N) is 1. The van der Waals surface area contributed by atoms with Gasteiger partial charge in [-0.1, -0.05) is 17.7 Å². The van der Waals surface area contributed by atoms with Crippen molar-refractivity contribution in [3.05, 3.63) is 29.3 Å². The Morgan fingerprint density at radius 3 is 2.71 bits per heavy atom. The van der Waals surface area contributed by atoms with Gasteiger partial charge in [0.2, 0.25) is 0 Å². The second-order valence-electron chi connectivity index (χ2n) is 4.95. The van der Waals surface area contributed by atoms with Gasteiger partial charge in [-0.15, -0.1) is 0 Å². The quantitative estimate of drug-likeness (QED) is 0.842. The molecule has 0 atom stereocenters. The Bertz CT molecular complexity index is 384. The van der Waals surface area contributed by atoms with Gasteiger partial charge in [0.15, 0.2) is 0 Å². The van der Waals surface area contributed by atoms with E-state index in [1.807, 2.05) is 13.0 Å². The van der Waals surface area contributed by atoms with Gasteiger partial charge in [0, 0.05) is 13.5 Å². The fraction of sp³-hybridized carbons (Fsp3) is 0.571. The molecule has 1 heterocycles. The smallest absolute Gasteiger partial charge is 0.118 e. The number of piperidine rings is 1. The Kier molecular flexibility index (Phi) is 3.69. The minimum absolute atomic E-state index is 0.115. The van der Waals surface area contributed by atoms with Crippen LogP contribution in [0.3, 0.4) is 0 Å². The summed E-state index contributed by atoms with van der Waals surface area (Å²) in [5.74, 6) is 0.380. The zero-order valence-electron chi connectivity index (χ0n) is 10.6. The highest BCUT2D eigenvalue weighted by Crippen LogP contribution is 2.30. The second kappa shape index (κ2) is 5.07. The highest BCUT2D eigenvalue weighted by molar-refractivity contribution is 5.36. The molecule has 1 aliphatic rings. The lowest BCUT2D eigenvalue weighted by atomic mass is 9.85. The summed E-state index contributed by atoms with van der Waals surface area (Å²) in [4.78, 5) is 0. The van der Waals surface area contributed by atoms with Crippen LogP contribution in [0.15, 0.2) is 18.2 Å². The molecule has 0 unspecified atom stereocenters. The standard InChI is InChI=1S/C14H21NO2/c1-11-3-4-13(16)12(9-11)10-14(17-2)5-7-15-8-6-14/h3-4,9,15-16H,5-8,10H2,1-2H3. The molecular formula is C14H21NO2. The van der Waals surface area contributed by atoms with Crippen molar-refractivity contribution in [3.8, 4) is 5.75 Å². The van der Waals surface area contributed by atoms with E-state index >= 15 is 0 Å². The number of ether oxygens (including phenoxy) is 1. The monoisotopic (exact) mass is 235 g/mol. The number of hydrogen-bond acceptors (Lipinski definition) is 3. The molecule has 1 aromatic rings. The summed E-state index contributed by atoms with van der Waals surface area (Å²) in [5, 5.41) is 13.2. The van der Waals surface area contributed by atoms with Gasteiger partial charge in [0.1, 0.15) is 5.75 Å². The topological polar surface area (TPSA) is 41.5 Å². The Morgan fingerprint density at radius 1 is 1.35 bits per heavy atom. The average molecular weight is 235 g/mol. The molecule has 2 rings (SSSR count). The molecule has 2 N–H and O–H groups in total. The van der Waals surface area contributed by atoms with Crippen molar-refractivity contribution in [3.63, 3.8) is 0 Å². The number of hydrogen-bond donors (Lipinski definition) is 2. The highest BCUT2D eigenvalue weighted by Gasteiger charge is 2.32. The van der Waals surface area contributed by atoms with E-state index in [1.165, 1.54) is 5.56 Å². The van der Waals surface area contributed by atoms with Crippen molar-refractivity contribution in [1.82, 2.24) is 5.32 Å². The molecule has 1 fully saturated rings. The van der Waals surface area contributed by atoms with Crippen LogP contribution in [0.25, 0.3) is 0 Å². The first kappa shape index (κ1) is 12.4. The maximum atomic E-state index is 9.90. The third kappa shape index (κ3) is 2.79. The molecule has 94 valence electrons. The number of aromatic hydroxyl groups is 1. The van der Waals surface area contributed by atoms with Crippen LogP contribution in [0.1, 0.15) is 24.0 Å². The lowest BCUT2D eigenvalue weighted by molar-refractivity contribution is -0.0337. The minimum atomic E-state index is -0.115. The van der Waals surface area contributed by atoms with Gasteiger partial charge in [-0.25, -0.2) is 0 Å². The molecule has 3 nitrogen and oxygen atoms in total. The first-order valence-corrected chi connectivity index (χ1v) is 6.20. The number of methoxy groups -OCH3 is 1. The largest absolute Gasteiger partial charge is 0.508 e. The summed E-state index contributed by atoms with van der Waals surface area (Å²) in [6.07, 6.45) is 2.78. The third-order valence-corrected chi connectivity index (χ3v) is 3.70. The first-order chi connectivity index (χ1) is 8.15. The van der Waals surface area contributed by atoms with Crippen LogP contribution in [-0.2, 0) is 11.2 Å². The van der Waals surface area contributed by atoms with Crippen LogP contribution >= 0.6 is 0 Å². The molecule has 17 heavy (non-hydrogen) atoms. The van der Waals surface area contributed by atoms with E-state index in [9.17, 15) is 5.11 Å². The molecule has 0 spiro atoms. The minimum Gasteiger partial charge on any atom is -0.508 e. The summed E-state index contributed by atoms with van der Waals surface area (Å²) < 4.78 is 5.73. The number of rotatable bonds is 3. The predicted octanol–water partition coefficient (Wildman–Crippen LogP) is 2.01. The van der Waals surface area contributed by atoms with E-state index in [1.54, 1.807) is 13.2 Å². The van der Waals surface area contributed by atoms with Crippen LogP contribution in [0.5, 0.6) is 5.75 Å². The van der Waals surface area contributed by atoms with Crippen molar-refractivity contribution < 1.29 is 9.84 Å². The van der Waals surface area contributed by atoms with Gasteiger partial charge < -0.3 is 15.2 Å². The van der Waals surface area contributed by atoms with Gasteiger partial charge in [-0.05, 0) is 44.5 Å². The van der Waals surface area contributed by atoms with E-state index in [0.717, 1.165) is 37.9 Å². The van der Waals surface area contributed by atoms with Crippen molar-refractivity contribution >= 4 is 0 Å². The summed E-state index contributed by atoms with van der Waals surface area (Å²) >= 11 is 0. The van der Waals surface area contributed by atoms with Crippen LogP contribution < -0.4 is 5.32 Å². The third-order valence-electron chi connectivity index (χ3n) is 3.70. The van der Waals surface area contributed by atoms with Crippen molar-refractivity contribution in [2.24, 2.45) is 0 Å². The lowest BCUT2D eigenvalue weighted by Gasteiger charge is -2.36. The molecule has 1 aliphatic heterocycles. The number of benzene rings is 1. The summed E-state index contributed by atoms with van der Waals surface area (Å²) in [7, 11) is 1.78. The summed E-state index contributed by atoms with van der Waals surface area (Å²) in [6.45, 7) is 4.02. The molecule has 0 aliphatic carbocycles. The summed E-state index contributed by atoms with van der Waals surface area (Å²) in [6, 6.07) is 5.76. The normalized spacial score (nSPS) is 19.2. The predicted molar refractivity (Wildman–Crippen MR) is 68.4 cm³/mol. The van der Waals surface area contributed by atoms with E-state index in [0.29, 0.717) is 5.75 Å². The maximum Gasteiger partial charge on any atom is 0.118 e. The van der Waals surface area contributed by atoms with Crippen LogP contribution in [0, 0.1) is 6.92 Å². The van der Waals surface area contributed by atoms with Crippen LogP contribution in [-0.4, -0.2) is 30.9 Å². The fourth-order valence-electron chi connectivity index (χ4n) is 2.54. The van der Waals surface area contributed by atoms with Crippen LogP contribution in [0.2, 0.25) is 0 Å². The van der Waals surface area contributed by atoms with Crippen molar-refractivity contribution in [2.45, 2.75) is 31.8 Å². The van der Waals surface area contributed by atoms with Crippen LogP contribution in [0.4, 0.5) is 0 Å². The van der Waals surface area contributed by atoms with E-state index in [2.05, 4.69) is 11.4 Å². The highest BCUT2D eigenvalue weighted by atomic mass is 16.5. The molecular weight excluding hydrogens is 214 g/mol. The fourth-order valence-corrected chi connectivity index (χ4v) is 2.54. The molecule has 1 aromatic carbocycles. The lowest BCUT2D eigenvalue weighted by Crippen LogP contribution is -2.45. The Morgan fingerprint density at radius 2 is 2.06 bits per heavy atom. The van der Waals surface area contributed by atoms with E-state index in [4.69, 9.17) is 4.74 Å². The molecule has 0 aromatic heterocycles. The number of phenolic OH excluding ortho intramolecular Hbond substituents is 1. The van der Waals surface area contributed by atoms with Gasteiger partial charge in [-0.2, -0.15) is 0 Å². The SMILES string of the molecule is COC1(Cc2cc(C)ccc2O)CCNCC1. The maximum absolute atomic E-state index is 9.90. The van der Waals surface area contributed by atoms with E-state index in [-0.39, 0.29) is 5.60 Å². The van der Waals surface area contributed by atoms with E-state index < -0.39 is 0 Å².